The lowest BCUT2D eigenvalue weighted by Gasteiger charge is -2.21. The van der Waals surface area contributed by atoms with Crippen LogP contribution < -0.4 is 5.32 Å². The summed E-state index contributed by atoms with van der Waals surface area (Å²) in [7, 11) is 0. The van der Waals surface area contributed by atoms with Crippen LogP contribution in [0.4, 0.5) is 5.69 Å². The zero-order valence-corrected chi connectivity index (χ0v) is 12.1. The first-order valence-electron chi connectivity index (χ1n) is 5.73. The van der Waals surface area contributed by atoms with Crippen molar-refractivity contribution in [1.82, 2.24) is 0 Å². The summed E-state index contributed by atoms with van der Waals surface area (Å²) in [4.78, 5) is 0. The zero-order chi connectivity index (χ0) is 12.3. The van der Waals surface area contributed by atoms with Crippen molar-refractivity contribution in [3.63, 3.8) is 0 Å². The molecule has 0 amide bonds. The molecule has 0 aromatic heterocycles. The summed E-state index contributed by atoms with van der Waals surface area (Å²) in [6.45, 7) is 0. The minimum absolute atomic E-state index is 0.498. The molecular weight excluding hydrogens is 296 g/mol. The Labute approximate surface area is 115 Å². The Kier molecular flexibility index (Phi) is 4.36. The van der Waals surface area contributed by atoms with Gasteiger partial charge in [0.25, 0.3) is 0 Å². The van der Waals surface area contributed by atoms with Gasteiger partial charge in [-0.15, -0.1) is 0 Å². The molecule has 1 fully saturated rings. The zero-order valence-electron chi connectivity index (χ0n) is 9.74. The largest absolute Gasteiger partial charge is 0.380 e. The van der Waals surface area contributed by atoms with Crippen LogP contribution in [0.1, 0.15) is 24.8 Å². The summed E-state index contributed by atoms with van der Waals surface area (Å²) < 4.78 is 0.951. The smallest absolute Gasteiger partial charge is 0.101 e. The molecule has 4 heteroatoms. The average Bonchev–Trinajstić information content (AvgIpc) is 2.78. The Bertz CT molecular complexity index is 442. The van der Waals surface area contributed by atoms with E-state index in [4.69, 9.17) is 5.26 Å². The van der Waals surface area contributed by atoms with E-state index in [9.17, 15) is 0 Å². The molecule has 0 aliphatic heterocycles. The quantitative estimate of drug-likeness (QED) is 0.916. The fourth-order valence-corrected chi connectivity index (χ4v) is 3.60. The maximum atomic E-state index is 9.12. The van der Waals surface area contributed by atoms with Crippen molar-refractivity contribution in [2.75, 3.05) is 11.6 Å². The number of hydrogen-bond donors (Lipinski definition) is 1. The van der Waals surface area contributed by atoms with E-state index >= 15 is 0 Å². The van der Waals surface area contributed by atoms with Gasteiger partial charge in [0.15, 0.2) is 0 Å². The average molecular weight is 311 g/mol. The number of nitrogens with zero attached hydrogens (tertiary/aromatic N) is 1. The fourth-order valence-electron chi connectivity index (χ4n) is 2.31. The van der Waals surface area contributed by atoms with Gasteiger partial charge in [0.2, 0.25) is 0 Å². The van der Waals surface area contributed by atoms with Crippen LogP contribution in [0.25, 0.3) is 0 Å². The molecule has 1 N–H and O–H groups in total. The predicted octanol–water partition coefficient (Wildman–Crippen LogP) is 4.02. The molecule has 0 bridgehead atoms. The third kappa shape index (κ3) is 2.97. The molecule has 0 saturated heterocycles. The van der Waals surface area contributed by atoms with Crippen molar-refractivity contribution >= 4 is 33.4 Å². The second kappa shape index (κ2) is 5.79. The highest BCUT2D eigenvalue weighted by Gasteiger charge is 2.26. The Balaban J connectivity index is 2.16. The first-order chi connectivity index (χ1) is 8.24. The molecular formula is C13H15BrN2S. The second-order valence-electron chi connectivity index (χ2n) is 4.26. The van der Waals surface area contributed by atoms with Crippen molar-refractivity contribution in [3.05, 3.63) is 28.2 Å². The Morgan fingerprint density at radius 3 is 3.00 bits per heavy atom. The van der Waals surface area contributed by atoms with Crippen LogP contribution in [0.2, 0.25) is 0 Å². The maximum absolute atomic E-state index is 9.12. The molecule has 1 saturated carbocycles. The van der Waals surface area contributed by atoms with Gasteiger partial charge < -0.3 is 5.32 Å². The van der Waals surface area contributed by atoms with Crippen LogP contribution in [0.3, 0.4) is 0 Å². The number of nitriles is 1. The number of nitrogens with one attached hydrogen (secondary N) is 1. The number of rotatable bonds is 3. The van der Waals surface area contributed by atoms with E-state index in [2.05, 4.69) is 33.6 Å². The Morgan fingerprint density at radius 1 is 1.47 bits per heavy atom. The Hall–Kier alpha value is -0.660. The Morgan fingerprint density at radius 2 is 2.29 bits per heavy atom. The van der Waals surface area contributed by atoms with Crippen molar-refractivity contribution in [2.24, 2.45) is 0 Å². The molecule has 2 nitrogen and oxygen atoms in total. The number of hydrogen-bond acceptors (Lipinski definition) is 3. The van der Waals surface area contributed by atoms with E-state index in [1.165, 1.54) is 19.3 Å². The van der Waals surface area contributed by atoms with Crippen LogP contribution in [-0.2, 0) is 0 Å². The second-order valence-corrected chi connectivity index (χ2v) is 6.25. The van der Waals surface area contributed by atoms with Gasteiger partial charge in [-0.1, -0.05) is 22.4 Å². The van der Waals surface area contributed by atoms with Crippen molar-refractivity contribution in [2.45, 2.75) is 30.6 Å². The monoisotopic (exact) mass is 310 g/mol. The van der Waals surface area contributed by atoms with Gasteiger partial charge in [0, 0.05) is 15.8 Å². The summed E-state index contributed by atoms with van der Waals surface area (Å²) in [6, 6.07) is 8.57. The number of halogens is 1. The molecule has 2 atom stereocenters. The third-order valence-corrected chi connectivity index (χ3v) is 4.86. The predicted molar refractivity (Wildman–Crippen MR) is 77.4 cm³/mol. The molecule has 2 rings (SSSR count). The summed E-state index contributed by atoms with van der Waals surface area (Å²) in [5, 5.41) is 13.3. The lowest BCUT2D eigenvalue weighted by atomic mass is 10.1. The van der Waals surface area contributed by atoms with Crippen LogP contribution in [0, 0.1) is 11.3 Å². The number of benzene rings is 1. The molecule has 17 heavy (non-hydrogen) atoms. The van der Waals surface area contributed by atoms with Gasteiger partial charge in [0.05, 0.1) is 11.3 Å². The van der Waals surface area contributed by atoms with Crippen molar-refractivity contribution < 1.29 is 0 Å². The van der Waals surface area contributed by atoms with Crippen molar-refractivity contribution in [3.8, 4) is 6.07 Å². The van der Waals surface area contributed by atoms with E-state index in [-0.39, 0.29) is 0 Å². The van der Waals surface area contributed by atoms with Crippen LogP contribution in [-0.4, -0.2) is 17.5 Å². The topological polar surface area (TPSA) is 35.8 Å². The lowest BCUT2D eigenvalue weighted by molar-refractivity contribution is 0.768. The van der Waals surface area contributed by atoms with Gasteiger partial charge in [-0.2, -0.15) is 17.0 Å². The molecule has 1 aliphatic carbocycles. The number of anilines is 1. The molecule has 0 radical (unpaired) electrons. The summed E-state index contributed by atoms with van der Waals surface area (Å²) in [5.41, 5.74) is 1.67. The van der Waals surface area contributed by atoms with Gasteiger partial charge in [-0.05, 0) is 37.3 Å². The molecule has 0 heterocycles. The minimum atomic E-state index is 0.498. The molecule has 1 aromatic rings. The minimum Gasteiger partial charge on any atom is -0.380 e. The SMILES string of the molecule is CSC1CCCC1Nc1ccc(Br)cc1C#N. The summed E-state index contributed by atoms with van der Waals surface area (Å²) in [5.74, 6) is 0. The summed E-state index contributed by atoms with van der Waals surface area (Å²) in [6.07, 6.45) is 5.92. The van der Waals surface area contributed by atoms with Crippen LogP contribution in [0.15, 0.2) is 22.7 Å². The molecule has 90 valence electrons. The standard InChI is InChI=1S/C13H15BrN2S/c1-17-13-4-2-3-12(13)16-11-6-5-10(14)7-9(11)8-15/h5-7,12-13,16H,2-4H2,1H3. The van der Waals surface area contributed by atoms with Gasteiger partial charge >= 0.3 is 0 Å². The number of thioether (sulfide) groups is 1. The van der Waals surface area contributed by atoms with E-state index in [0.29, 0.717) is 16.9 Å². The van der Waals surface area contributed by atoms with Gasteiger partial charge in [-0.25, -0.2) is 0 Å². The first-order valence-corrected chi connectivity index (χ1v) is 7.81. The maximum Gasteiger partial charge on any atom is 0.101 e. The third-order valence-electron chi connectivity index (χ3n) is 3.20. The van der Waals surface area contributed by atoms with Gasteiger partial charge in [-0.3, -0.25) is 0 Å². The first kappa shape index (κ1) is 12.8. The highest BCUT2D eigenvalue weighted by Crippen LogP contribution is 2.32. The van der Waals surface area contributed by atoms with E-state index in [1.807, 2.05) is 30.0 Å². The summed E-state index contributed by atoms with van der Waals surface area (Å²) >= 11 is 5.31. The lowest BCUT2D eigenvalue weighted by Crippen LogP contribution is -2.26. The fraction of sp³-hybridized carbons (Fsp3) is 0.462. The van der Waals surface area contributed by atoms with E-state index in [0.717, 1.165) is 10.2 Å². The highest BCUT2D eigenvalue weighted by molar-refractivity contribution is 9.10. The molecule has 1 aliphatic rings. The van der Waals surface area contributed by atoms with E-state index in [1.54, 1.807) is 0 Å². The normalized spacial score (nSPS) is 23.4. The molecule has 1 aromatic carbocycles. The van der Waals surface area contributed by atoms with Gasteiger partial charge in [0.1, 0.15) is 6.07 Å². The highest BCUT2D eigenvalue weighted by atomic mass is 79.9. The molecule has 2 unspecified atom stereocenters. The van der Waals surface area contributed by atoms with Crippen LogP contribution in [0.5, 0.6) is 0 Å². The molecule has 0 spiro atoms. The van der Waals surface area contributed by atoms with E-state index < -0.39 is 0 Å². The van der Waals surface area contributed by atoms with Crippen molar-refractivity contribution in [1.29, 1.82) is 5.26 Å². The van der Waals surface area contributed by atoms with Crippen LogP contribution >= 0.6 is 27.7 Å².